The van der Waals surface area contributed by atoms with Gasteiger partial charge in [0.05, 0.1) is 6.42 Å². The van der Waals surface area contributed by atoms with Crippen molar-refractivity contribution in [2.24, 2.45) is 0 Å². The maximum Gasteiger partial charge on any atom is 0.307 e. The highest BCUT2D eigenvalue weighted by molar-refractivity contribution is 7.17. The summed E-state index contributed by atoms with van der Waals surface area (Å²) >= 11 is 7.92. The number of thiophene rings is 1. The lowest BCUT2D eigenvalue weighted by atomic mass is 10.0. The minimum atomic E-state index is -0.862. The van der Waals surface area contributed by atoms with E-state index in [1.54, 1.807) is 11.3 Å². The van der Waals surface area contributed by atoms with Crippen molar-refractivity contribution in [1.29, 1.82) is 0 Å². The third-order valence-corrected chi connectivity index (χ3v) is 7.03. The Bertz CT molecular complexity index is 1570. The van der Waals surface area contributed by atoms with Crippen LogP contribution in [0.1, 0.15) is 18.1 Å². The number of rotatable bonds is 6. The number of carbonyl (C=O) groups excluding carboxylic acids is 1. The summed E-state index contributed by atoms with van der Waals surface area (Å²) in [6.07, 6.45) is 1.89. The van der Waals surface area contributed by atoms with Gasteiger partial charge in [-0.1, -0.05) is 35.9 Å². The summed E-state index contributed by atoms with van der Waals surface area (Å²) in [5, 5.41) is 17.1. The van der Waals surface area contributed by atoms with Crippen LogP contribution in [0.5, 0.6) is 0 Å². The molecular weight excluding hydrogens is 468 g/mol. The van der Waals surface area contributed by atoms with Crippen molar-refractivity contribution >= 4 is 61.5 Å². The normalized spacial score (nSPS) is 11.2. The van der Waals surface area contributed by atoms with E-state index in [4.69, 9.17) is 11.6 Å². The van der Waals surface area contributed by atoms with Crippen LogP contribution in [-0.2, 0) is 22.6 Å². The standard InChI is InChI=1S/C27H21ClN2O3S/c1-16(31)29-22-4-2-3-17(9-22)18-5-7-23-19(11-27(32)33)13-30(25(23)10-18)14-20-15-34-26-8-6-21(28)12-24(20)26/h2-10,12-13,15H,11,14H2,1H3,(H,29,31)(H,32,33). The van der Waals surface area contributed by atoms with E-state index in [1.807, 2.05) is 60.8 Å². The van der Waals surface area contributed by atoms with Crippen molar-refractivity contribution < 1.29 is 14.7 Å². The van der Waals surface area contributed by atoms with Crippen LogP contribution in [-0.4, -0.2) is 21.6 Å². The van der Waals surface area contributed by atoms with E-state index in [-0.39, 0.29) is 12.3 Å². The molecule has 0 atom stereocenters. The molecule has 5 aromatic rings. The average molecular weight is 489 g/mol. The molecule has 0 fully saturated rings. The fraction of sp³-hybridized carbons (Fsp3) is 0.111. The predicted molar refractivity (Wildman–Crippen MR) is 139 cm³/mol. The quantitative estimate of drug-likeness (QED) is 0.276. The number of hydrogen-bond acceptors (Lipinski definition) is 3. The zero-order valence-electron chi connectivity index (χ0n) is 18.3. The summed E-state index contributed by atoms with van der Waals surface area (Å²) in [5.41, 5.74) is 5.55. The second-order valence-corrected chi connectivity index (χ2v) is 9.60. The molecule has 0 spiro atoms. The van der Waals surface area contributed by atoms with Crippen LogP contribution >= 0.6 is 22.9 Å². The Kier molecular flexibility index (Phi) is 5.86. The number of carboxylic acids is 1. The minimum Gasteiger partial charge on any atom is -0.481 e. The van der Waals surface area contributed by atoms with Crippen LogP contribution in [0.25, 0.3) is 32.1 Å². The molecule has 0 saturated heterocycles. The third-order valence-electron chi connectivity index (χ3n) is 5.78. The first-order valence-corrected chi connectivity index (χ1v) is 12.0. The molecule has 1 amide bonds. The monoisotopic (exact) mass is 488 g/mol. The van der Waals surface area contributed by atoms with Crippen molar-refractivity contribution in [3.63, 3.8) is 0 Å². The molecule has 0 aliphatic heterocycles. The first-order valence-electron chi connectivity index (χ1n) is 10.7. The van der Waals surface area contributed by atoms with Crippen molar-refractivity contribution in [2.45, 2.75) is 19.9 Å². The highest BCUT2D eigenvalue weighted by Crippen LogP contribution is 2.33. The Morgan fingerprint density at radius 2 is 1.82 bits per heavy atom. The van der Waals surface area contributed by atoms with Gasteiger partial charge in [-0.15, -0.1) is 11.3 Å². The van der Waals surface area contributed by atoms with Crippen LogP contribution in [0.4, 0.5) is 5.69 Å². The van der Waals surface area contributed by atoms with Gasteiger partial charge in [0.25, 0.3) is 0 Å². The van der Waals surface area contributed by atoms with Crippen LogP contribution in [0.15, 0.2) is 72.2 Å². The van der Waals surface area contributed by atoms with Crippen molar-refractivity contribution in [1.82, 2.24) is 4.57 Å². The number of fused-ring (bicyclic) bond motifs is 2. The van der Waals surface area contributed by atoms with Crippen LogP contribution in [0.2, 0.25) is 5.02 Å². The molecule has 2 N–H and O–H groups in total. The SMILES string of the molecule is CC(=O)Nc1cccc(-c2ccc3c(CC(=O)O)cn(Cc4csc5ccc(Cl)cc45)c3c2)c1. The molecule has 0 bridgehead atoms. The number of nitrogens with one attached hydrogen (secondary N) is 1. The third kappa shape index (κ3) is 4.42. The van der Waals surface area contributed by atoms with Crippen LogP contribution < -0.4 is 5.32 Å². The number of benzene rings is 3. The maximum atomic E-state index is 11.5. The highest BCUT2D eigenvalue weighted by atomic mass is 35.5. The number of carboxylic acid groups (broad SMARTS) is 1. The molecule has 34 heavy (non-hydrogen) atoms. The first kappa shape index (κ1) is 22.2. The lowest BCUT2D eigenvalue weighted by Crippen LogP contribution is -2.05. The second-order valence-electron chi connectivity index (χ2n) is 8.25. The molecule has 5 rings (SSSR count). The van der Waals surface area contributed by atoms with Crippen LogP contribution in [0.3, 0.4) is 0 Å². The molecule has 0 saturated carbocycles. The molecule has 2 heterocycles. The Balaban J connectivity index is 1.61. The van der Waals surface area contributed by atoms with Crippen LogP contribution in [0, 0.1) is 0 Å². The van der Waals surface area contributed by atoms with E-state index in [9.17, 15) is 14.7 Å². The van der Waals surface area contributed by atoms with Gasteiger partial charge < -0.3 is 15.0 Å². The Hall–Kier alpha value is -3.61. The fourth-order valence-electron chi connectivity index (χ4n) is 4.32. The molecule has 3 aromatic carbocycles. The summed E-state index contributed by atoms with van der Waals surface area (Å²) in [6.45, 7) is 2.09. The Morgan fingerprint density at radius 3 is 2.62 bits per heavy atom. The van der Waals surface area contributed by atoms with E-state index >= 15 is 0 Å². The number of aliphatic carboxylic acids is 1. The van der Waals surface area contributed by atoms with Gasteiger partial charge in [0.2, 0.25) is 5.91 Å². The number of halogens is 1. The van der Waals surface area contributed by atoms with Gasteiger partial charge in [0.15, 0.2) is 0 Å². The lowest BCUT2D eigenvalue weighted by molar-refractivity contribution is -0.136. The number of amides is 1. The van der Waals surface area contributed by atoms with Crippen molar-refractivity contribution in [2.75, 3.05) is 5.32 Å². The number of hydrogen-bond donors (Lipinski definition) is 2. The summed E-state index contributed by atoms with van der Waals surface area (Å²) in [4.78, 5) is 23.0. The smallest absolute Gasteiger partial charge is 0.307 e. The zero-order valence-corrected chi connectivity index (χ0v) is 19.9. The van der Waals surface area contributed by atoms with Gasteiger partial charge in [-0.25, -0.2) is 0 Å². The van der Waals surface area contributed by atoms with Gasteiger partial charge in [-0.05, 0) is 69.4 Å². The summed E-state index contributed by atoms with van der Waals surface area (Å²) < 4.78 is 3.27. The maximum absolute atomic E-state index is 11.5. The van der Waals surface area contributed by atoms with Gasteiger partial charge >= 0.3 is 5.97 Å². The van der Waals surface area contributed by atoms with E-state index < -0.39 is 5.97 Å². The van der Waals surface area contributed by atoms with Gasteiger partial charge in [0.1, 0.15) is 0 Å². The van der Waals surface area contributed by atoms with Crippen molar-refractivity contribution in [3.05, 3.63) is 88.4 Å². The van der Waals surface area contributed by atoms with Gasteiger partial charge in [-0.3, -0.25) is 9.59 Å². The minimum absolute atomic E-state index is 0.0446. The summed E-state index contributed by atoms with van der Waals surface area (Å²) in [5.74, 6) is -0.984. The molecule has 0 unspecified atom stereocenters. The molecule has 0 aliphatic carbocycles. The molecule has 0 radical (unpaired) electrons. The summed E-state index contributed by atoms with van der Waals surface area (Å²) in [6, 6.07) is 19.6. The zero-order chi connectivity index (χ0) is 23.8. The van der Waals surface area contributed by atoms with Gasteiger partial charge in [-0.2, -0.15) is 0 Å². The molecule has 2 aromatic heterocycles. The Labute approximate surface area is 205 Å². The molecule has 5 nitrogen and oxygen atoms in total. The molecule has 170 valence electrons. The number of carbonyl (C=O) groups is 2. The number of aromatic nitrogens is 1. The molecular formula is C27H21ClN2O3S. The van der Waals surface area contributed by atoms with E-state index in [1.165, 1.54) is 6.92 Å². The Morgan fingerprint density at radius 1 is 1.00 bits per heavy atom. The highest BCUT2D eigenvalue weighted by Gasteiger charge is 2.15. The second kappa shape index (κ2) is 8.97. The largest absolute Gasteiger partial charge is 0.481 e. The average Bonchev–Trinajstić information content (AvgIpc) is 3.34. The molecule has 7 heteroatoms. The topological polar surface area (TPSA) is 71.3 Å². The predicted octanol–water partition coefficient (Wildman–Crippen LogP) is 6.81. The molecule has 0 aliphatic rings. The van der Waals surface area contributed by atoms with E-state index in [2.05, 4.69) is 21.3 Å². The van der Waals surface area contributed by atoms with Crippen molar-refractivity contribution in [3.8, 4) is 11.1 Å². The first-order chi connectivity index (χ1) is 16.4. The number of nitrogens with zero attached hydrogens (tertiary/aromatic N) is 1. The van der Waals surface area contributed by atoms with E-state index in [0.717, 1.165) is 48.9 Å². The fourth-order valence-corrected chi connectivity index (χ4v) is 5.43. The number of anilines is 1. The summed E-state index contributed by atoms with van der Waals surface area (Å²) in [7, 11) is 0. The van der Waals surface area contributed by atoms with Gasteiger partial charge in [0, 0.05) is 46.0 Å². The van der Waals surface area contributed by atoms with E-state index in [0.29, 0.717) is 11.6 Å². The lowest BCUT2D eigenvalue weighted by Gasteiger charge is -2.09.